The van der Waals surface area contributed by atoms with Crippen molar-refractivity contribution in [3.05, 3.63) is 65.2 Å². The molecule has 1 N–H and O–H groups in total. The minimum Gasteiger partial charge on any atom is -0.497 e. The number of carbonyl (C=O) groups is 3. The van der Waals surface area contributed by atoms with Crippen molar-refractivity contribution in [3.8, 4) is 11.5 Å². The Labute approximate surface area is 156 Å². The SMILES string of the molecule is COc1ccc(OC)c(/C=C2/C(=O)NC(=O)N(Cc3ccccc3)C2=O)c1. The highest BCUT2D eigenvalue weighted by atomic mass is 16.5. The van der Waals surface area contributed by atoms with E-state index in [0.717, 1.165) is 10.5 Å². The number of hydrogen-bond acceptors (Lipinski definition) is 5. The second-order valence-electron chi connectivity index (χ2n) is 5.80. The van der Waals surface area contributed by atoms with E-state index in [4.69, 9.17) is 9.47 Å². The van der Waals surface area contributed by atoms with Crippen molar-refractivity contribution in [2.24, 2.45) is 0 Å². The number of urea groups is 1. The Bertz CT molecular complexity index is 921. The average molecular weight is 366 g/mol. The summed E-state index contributed by atoms with van der Waals surface area (Å²) in [4.78, 5) is 38.2. The average Bonchev–Trinajstić information content (AvgIpc) is 2.69. The smallest absolute Gasteiger partial charge is 0.331 e. The van der Waals surface area contributed by atoms with Gasteiger partial charge in [0.25, 0.3) is 11.8 Å². The van der Waals surface area contributed by atoms with Crippen LogP contribution >= 0.6 is 0 Å². The first kappa shape index (κ1) is 18.2. The van der Waals surface area contributed by atoms with Gasteiger partial charge in [0.2, 0.25) is 0 Å². The summed E-state index contributed by atoms with van der Waals surface area (Å²) in [6.07, 6.45) is 1.39. The van der Waals surface area contributed by atoms with Gasteiger partial charge in [0, 0.05) is 5.56 Å². The van der Waals surface area contributed by atoms with Gasteiger partial charge in [-0.1, -0.05) is 30.3 Å². The van der Waals surface area contributed by atoms with Gasteiger partial charge in [-0.2, -0.15) is 0 Å². The van der Waals surface area contributed by atoms with Crippen LogP contribution in [0.2, 0.25) is 0 Å². The Hall–Kier alpha value is -3.61. The van der Waals surface area contributed by atoms with Gasteiger partial charge in [-0.15, -0.1) is 0 Å². The van der Waals surface area contributed by atoms with Crippen LogP contribution in [0.25, 0.3) is 6.08 Å². The van der Waals surface area contributed by atoms with Gasteiger partial charge in [-0.05, 0) is 29.8 Å². The van der Waals surface area contributed by atoms with Crippen LogP contribution in [-0.4, -0.2) is 37.0 Å². The molecule has 0 aromatic heterocycles. The van der Waals surface area contributed by atoms with Crippen molar-refractivity contribution in [2.45, 2.75) is 6.54 Å². The van der Waals surface area contributed by atoms with Gasteiger partial charge in [0.15, 0.2) is 0 Å². The maximum absolute atomic E-state index is 12.8. The fourth-order valence-electron chi connectivity index (χ4n) is 2.71. The number of rotatable bonds is 5. The number of imide groups is 2. The second kappa shape index (κ2) is 7.74. The zero-order chi connectivity index (χ0) is 19.4. The normalized spacial score (nSPS) is 15.7. The van der Waals surface area contributed by atoms with Gasteiger partial charge in [-0.3, -0.25) is 19.8 Å². The number of barbiturate groups is 1. The number of nitrogens with zero attached hydrogens (tertiary/aromatic N) is 1. The molecule has 0 spiro atoms. The molecule has 7 nitrogen and oxygen atoms in total. The molecule has 0 atom stereocenters. The topological polar surface area (TPSA) is 84.9 Å². The van der Waals surface area contributed by atoms with Gasteiger partial charge in [0.05, 0.1) is 20.8 Å². The molecule has 1 aliphatic rings. The van der Waals surface area contributed by atoms with Gasteiger partial charge < -0.3 is 9.47 Å². The summed E-state index contributed by atoms with van der Waals surface area (Å²) < 4.78 is 10.5. The Kier molecular flexibility index (Phi) is 5.21. The van der Waals surface area contributed by atoms with Crippen molar-refractivity contribution in [2.75, 3.05) is 14.2 Å². The molecular formula is C20H18N2O5. The molecular weight excluding hydrogens is 348 g/mol. The lowest BCUT2D eigenvalue weighted by molar-refractivity contribution is -0.130. The first-order chi connectivity index (χ1) is 13.0. The van der Waals surface area contributed by atoms with Crippen LogP contribution < -0.4 is 14.8 Å². The standard InChI is InChI=1S/C20H18N2O5/c1-26-15-8-9-17(27-2)14(10-15)11-16-18(23)21-20(25)22(19(16)24)12-13-6-4-3-5-7-13/h3-11H,12H2,1-2H3,(H,21,23,25)/b16-11-. The lowest BCUT2D eigenvalue weighted by Gasteiger charge is -2.26. The number of methoxy groups -OCH3 is 2. The number of ether oxygens (including phenoxy) is 2. The van der Waals surface area contributed by atoms with Crippen LogP contribution in [0.4, 0.5) is 4.79 Å². The summed E-state index contributed by atoms with van der Waals surface area (Å²) in [6.45, 7) is 0.0609. The van der Waals surface area contributed by atoms with Crippen molar-refractivity contribution in [3.63, 3.8) is 0 Å². The van der Waals surface area contributed by atoms with E-state index < -0.39 is 17.8 Å². The Morgan fingerprint density at radius 2 is 1.74 bits per heavy atom. The van der Waals surface area contributed by atoms with Crippen molar-refractivity contribution >= 4 is 23.9 Å². The number of nitrogens with one attached hydrogen (secondary N) is 1. The first-order valence-electron chi connectivity index (χ1n) is 8.18. The molecule has 1 aliphatic heterocycles. The highest BCUT2D eigenvalue weighted by molar-refractivity contribution is 6.31. The molecule has 1 fully saturated rings. The van der Waals surface area contributed by atoms with E-state index in [1.807, 2.05) is 18.2 Å². The van der Waals surface area contributed by atoms with E-state index in [1.165, 1.54) is 20.3 Å². The third kappa shape index (κ3) is 3.82. The second-order valence-corrected chi connectivity index (χ2v) is 5.80. The molecule has 4 amide bonds. The number of carbonyl (C=O) groups excluding carboxylic acids is 3. The zero-order valence-electron chi connectivity index (χ0n) is 14.9. The molecule has 0 saturated carbocycles. The molecule has 0 bridgehead atoms. The molecule has 0 unspecified atom stereocenters. The van der Waals surface area contributed by atoms with E-state index in [0.29, 0.717) is 17.1 Å². The Balaban J connectivity index is 1.97. The van der Waals surface area contributed by atoms with Crippen LogP contribution in [0.3, 0.4) is 0 Å². The van der Waals surface area contributed by atoms with E-state index >= 15 is 0 Å². The lowest BCUT2D eigenvalue weighted by atomic mass is 10.1. The number of benzene rings is 2. The summed E-state index contributed by atoms with van der Waals surface area (Å²) in [5.41, 5.74) is 1.11. The van der Waals surface area contributed by atoms with Crippen LogP contribution in [0, 0.1) is 0 Å². The highest BCUT2D eigenvalue weighted by Crippen LogP contribution is 2.27. The summed E-state index contributed by atoms with van der Waals surface area (Å²) in [5, 5.41) is 2.20. The number of hydrogen-bond donors (Lipinski definition) is 1. The van der Waals surface area contributed by atoms with Crippen molar-refractivity contribution in [1.82, 2.24) is 10.2 Å². The van der Waals surface area contributed by atoms with Crippen LogP contribution in [0.5, 0.6) is 11.5 Å². The van der Waals surface area contributed by atoms with Crippen LogP contribution in [-0.2, 0) is 16.1 Å². The lowest BCUT2D eigenvalue weighted by Crippen LogP contribution is -2.53. The minimum absolute atomic E-state index is 0.0609. The molecule has 2 aromatic rings. The third-order valence-electron chi connectivity index (χ3n) is 4.11. The Morgan fingerprint density at radius 1 is 1.00 bits per heavy atom. The minimum atomic E-state index is -0.751. The van der Waals surface area contributed by atoms with Crippen LogP contribution in [0.15, 0.2) is 54.1 Å². The van der Waals surface area contributed by atoms with Crippen LogP contribution in [0.1, 0.15) is 11.1 Å². The van der Waals surface area contributed by atoms with E-state index in [9.17, 15) is 14.4 Å². The molecule has 0 aliphatic carbocycles. The summed E-state index contributed by atoms with van der Waals surface area (Å²) in [5.74, 6) is -0.407. The molecule has 1 saturated heterocycles. The molecule has 2 aromatic carbocycles. The van der Waals surface area contributed by atoms with E-state index in [2.05, 4.69) is 5.32 Å². The highest BCUT2D eigenvalue weighted by Gasteiger charge is 2.35. The summed E-state index contributed by atoms with van der Waals surface area (Å²) >= 11 is 0. The summed E-state index contributed by atoms with van der Waals surface area (Å²) in [6, 6.07) is 13.3. The quantitative estimate of drug-likeness (QED) is 0.649. The largest absolute Gasteiger partial charge is 0.497 e. The molecule has 0 radical (unpaired) electrons. The molecule has 138 valence electrons. The van der Waals surface area contributed by atoms with E-state index in [1.54, 1.807) is 30.3 Å². The van der Waals surface area contributed by atoms with Crippen molar-refractivity contribution in [1.29, 1.82) is 0 Å². The van der Waals surface area contributed by atoms with Crippen molar-refractivity contribution < 1.29 is 23.9 Å². The third-order valence-corrected chi connectivity index (χ3v) is 4.11. The van der Waals surface area contributed by atoms with Gasteiger partial charge in [0.1, 0.15) is 17.1 Å². The summed E-state index contributed by atoms with van der Waals surface area (Å²) in [7, 11) is 3.00. The zero-order valence-corrected chi connectivity index (χ0v) is 14.9. The van der Waals surface area contributed by atoms with Gasteiger partial charge in [-0.25, -0.2) is 4.79 Å². The van der Waals surface area contributed by atoms with E-state index in [-0.39, 0.29) is 12.1 Å². The Morgan fingerprint density at radius 3 is 2.41 bits per heavy atom. The monoisotopic (exact) mass is 366 g/mol. The molecule has 27 heavy (non-hydrogen) atoms. The first-order valence-corrected chi connectivity index (χ1v) is 8.18. The maximum Gasteiger partial charge on any atom is 0.331 e. The number of amides is 4. The fourth-order valence-corrected chi connectivity index (χ4v) is 2.71. The molecule has 1 heterocycles. The molecule has 3 rings (SSSR count). The maximum atomic E-state index is 12.8. The van der Waals surface area contributed by atoms with Gasteiger partial charge >= 0.3 is 6.03 Å². The predicted molar refractivity (Wildman–Crippen MR) is 98.1 cm³/mol. The fraction of sp³-hybridized carbons (Fsp3) is 0.150. The predicted octanol–water partition coefficient (Wildman–Crippen LogP) is 2.37. The molecule has 7 heteroatoms.